The maximum Gasteiger partial charge on any atom is 0.419 e. The second kappa shape index (κ2) is 7.85. The number of aromatic nitrogens is 4. The second-order valence-electron chi connectivity index (χ2n) is 8.02. The Morgan fingerprint density at radius 3 is 2.41 bits per heavy atom. The number of alkyl halides is 3. The van der Waals surface area contributed by atoms with Gasteiger partial charge in [-0.15, -0.1) is 0 Å². The van der Waals surface area contributed by atoms with Crippen LogP contribution in [0.15, 0.2) is 55.1 Å². The first-order valence-electron chi connectivity index (χ1n) is 10.2. The van der Waals surface area contributed by atoms with E-state index >= 15 is 0 Å². The van der Waals surface area contributed by atoms with Crippen LogP contribution in [-0.4, -0.2) is 49.4 Å². The lowest BCUT2D eigenvalue weighted by Crippen LogP contribution is -2.48. The van der Waals surface area contributed by atoms with Gasteiger partial charge in [0.15, 0.2) is 5.82 Å². The van der Waals surface area contributed by atoms with Gasteiger partial charge in [-0.2, -0.15) is 13.2 Å². The highest BCUT2D eigenvalue weighted by Gasteiger charge is 2.47. The molecule has 1 N–H and O–H groups in total. The first-order chi connectivity index (χ1) is 15.4. The molecule has 3 atom stereocenters. The highest BCUT2D eigenvalue weighted by molar-refractivity contribution is 6.00. The fourth-order valence-electron chi connectivity index (χ4n) is 4.59. The Morgan fingerprint density at radius 2 is 1.72 bits per heavy atom. The first kappa shape index (κ1) is 20.3. The quantitative estimate of drug-likeness (QED) is 0.667. The van der Waals surface area contributed by atoms with E-state index in [1.807, 2.05) is 17.0 Å². The van der Waals surface area contributed by atoms with Crippen molar-refractivity contribution in [1.82, 2.24) is 24.8 Å². The Balaban J connectivity index is 1.35. The zero-order valence-electron chi connectivity index (χ0n) is 16.8. The van der Waals surface area contributed by atoms with Crippen LogP contribution in [0.2, 0.25) is 0 Å². The van der Waals surface area contributed by atoms with Crippen molar-refractivity contribution in [3.8, 4) is 11.4 Å². The lowest BCUT2D eigenvalue weighted by atomic mass is 10.0. The van der Waals surface area contributed by atoms with E-state index in [-0.39, 0.29) is 23.9 Å². The van der Waals surface area contributed by atoms with Gasteiger partial charge in [-0.3, -0.25) is 4.79 Å². The summed E-state index contributed by atoms with van der Waals surface area (Å²) in [4.78, 5) is 31.5. The van der Waals surface area contributed by atoms with E-state index in [1.165, 1.54) is 0 Å². The van der Waals surface area contributed by atoms with Crippen LogP contribution < -0.4 is 5.32 Å². The largest absolute Gasteiger partial charge is 0.419 e. The number of piperidine rings is 1. The molecule has 1 saturated heterocycles. The number of amides is 1. The lowest BCUT2D eigenvalue weighted by molar-refractivity contribution is -0.138. The number of benzene rings is 1. The van der Waals surface area contributed by atoms with Crippen molar-refractivity contribution in [1.29, 1.82) is 0 Å². The number of nitrogens with zero attached hydrogens (tertiary/aromatic N) is 5. The summed E-state index contributed by atoms with van der Waals surface area (Å²) in [7, 11) is 0. The molecule has 10 heteroatoms. The van der Waals surface area contributed by atoms with Gasteiger partial charge in [0, 0.05) is 42.9 Å². The van der Waals surface area contributed by atoms with Gasteiger partial charge in [-0.1, -0.05) is 18.2 Å². The van der Waals surface area contributed by atoms with E-state index in [1.54, 1.807) is 30.6 Å². The summed E-state index contributed by atoms with van der Waals surface area (Å²) >= 11 is 0. The summed E-state index contributed by atoms with van der Waals surface area (Å²) in [5, 5.41) is 3.13. The van der Waals surface area contributed by atoms with E-state index in [0.717, 1.165) is 25.2 Å². The summed E-state index contributed by atoms with van der Waals surface area (Å²) in [6.07, 6.45) is 1.94. The minimum Gasteiger partial charge on any atom is -0.349 e. The molecule has 5 rings (SSSR count). The Kier molecular flexibility index (Phi) is 4.99. The van der Waals surface area contributed by atoms with Crippen molar-refractivity contribution >= 4 is 11.9 Å². The molecule has 2 aromatic heterocycles. The van der Waals surface area contributed by atoms with Crippen molar-refractivity contribution in [2.75, 3.05) is 11.9 Å². The van der Waals surface area contributed by atoms with Crippen LogP contribution in [0.25, 0.3) is 11.4 Å². The summed E-state index contributed by atoms with van der Waals surface area (Å²) in [5.74, 6) is 0.811. The molecule has 7 nitrogen and oxygen atoms in total. The Bertz CT molecular complexity index is 1120. The second-order valence-corrected chi connectivity index (χ2v) is 8.02. The lowest BCUT2D eigenvalue weighted by Gasteiger charge is -2.34. The van der Waals surface area contributed by atoms with Crippen molar-refractivity contribution in [3.05, 3.63) is 66.2 Å². The minimum absolute atomic E-state index is 0.0943. The van der Waals surface area contributed by atoms with Gasteiger partial charge in [-0.05, 0) is 30.9 Å². The van der Waals surface area contributed by atoms with E-state index in [0.29, 0.717) is 29.4 Å². The Morgan fingerprint density at radius 1 is 1.00 bits per heavy atom. The van der Waals surface area contributed by atoms with Crippen molar-refractivity contribution in [2.45, 2.75) is 31.1 Å². The molecular weight excluding hydrogens is 421 g/mol. The zero-order valence-corrected chi connectivity index (χ0v) is 16.8. The maximum atomic E-state index is 13.5. The van der Waals surface area contributed by atoms with Crippen LogP contribution >= 0.6 is 0 Å². The fraction of sp³-hybridized carbons (Fsp3) is 0.318. The van der Waals surface area contributed by atoms with Crippen molar-refractivity contribution in [2.24, 2.45) is 5.92 Å². The van der Waals surface area contributed by atoms with Crippen molar-refractivity contribution in [3.63, 3.8) is 0 Å². The molecular formula is C22H19F3N6O. The number of likely N-dealkylation sites (tertiary alicyclic amines) is 1. The number of carbonyl (C=O) groups excluding carboxylic acids is 1. The molecule has 1 aliphatic heterocycles. The number of nitrogens with one attached hydrogen (secondary N) is 1. The molecule has 2 bridgehead atoms. The predicted molar refractivity (Wildman–Crippen MR) is 109 cm³/mol. The SMILES string of the molecule is O=C(c1ccccc1-c1ncccn1)N1CC2CC1[C@@H](Nc1ncc(C(F)(F)F)cn1)C2. The van der Waals surface area contributed by atoms with Gasteiger partial charge in [0.1, 0.15) is 0 Å². The molecule has 3 heterocycles. The molecule has 1 aromatic carbocycles. The normalized spacial score (nSPS) is 22.2. The highest BCUT2D eigenvalue weighted by atomic mass is 19.4. The van der Waals surface area contributed by atoms with Crippen molar-refractivity contribution < 1.29 is 18.0 Å². The summed E-state index contributed by atoms with van der Waals surface area (Å²) in [6.45, 7) is 0.638. The summed E-state index contributed by atoms with van der Waals surface area (Å²) in [5.41, 5.74) is 0.291. The molecule has 32 heavy (non-hydrogen) atoms. The van der Waals surface area contributed by atoms with Crippen LogP contribution in [0.5, 0.6) is 0 Å². The third-order valence-electron chi connectivity index (χ3n) is 6.00. The van der Waals surface area contributed by atoms with Gasteiger partial charge >= 0.3 is 6.18 Å². The molecule has 0 spiro atoms. The average molecular weight is 440 g/mol. The number of rotatable bonds is 4. The predicted octanol–water partition coefficient (Wildman–Crippen LogP) is 3.67. The molecule has 2 unspecified atom stereocenters. The number of hydrogen-bond acceptors (Lipinski definition) is 6. The maximum absolute atomic E-state index is 13.5. The molecule has 0 radical (unpaired) electrons. The van der Waals surface area contributed by atoms with Crippen LogP contribution in [0.1, 0.15) is 28.8 Å². The minimum atomic E-state index is -4.48. The topological polar surface area (TPSA) is 83.9 Å². The molecule has 1 saturated carbocycles. The molecule has 164 valence electrons. The van der Waals surface area contributed by atoms with Crippen LogP contribution in [0.4, 0.5) is 19.1 Å². The van der Waals surface area contributed by atoms with E-state index in [4.69, 9.17) is 0 Å². The smallest absolute Gasteiger partial charge is 0.349 e. The van der Waals surface area contributed by atoms with Gasteiger partial charge in [-0.25, -0.2) is 19.9 Å². The average Bonchev–Trinajstić information content (AvgIpc) is 3.40. The molecule has 1 amide bonds. The fourth-order valence-corrected chi connectivity index (χ4v) is 4.59. The number of hydrogen-bond donors (Lipinski definition) is 1. The van der Waals surface area contributed by atoms with Gasteiger partial charge in [0.2, 0.25) is 5.95 Å². The van der Waals surface area contributed by atoms with Gasteiger partial charge < -0.3 is 10.2 Å². The third kappa shape index (κ3) is 3.76. The van der Waals surface area contributed by atoms with Crippen LogP contribution in [-0.2, 0) is 6.18 Å². The molecule has 3 aromatic rings. The van der Waals surface area contributed by atoms with E-state index in [2.05, 4.69) is 25.3 Å². The molecule has 2 aliphatic rings. The number of carbonyl (C=O) groups is 1. The number of anilines is 1. The van der Waals surface area contributed by atoms with E-state index < -0.39 is 11.7 Å². The van der Waals surface area contributed by atoms with Crippen LogP contribution in [0, 0.1) is 5.92 Å². The highest BCUT2D eigenvalue weighted by Crippen LogP contribution is 2.40. The number of fused-ring (bicyclic) bond motifs is 2. The Labute approximate surface area is 181 Å². The van der Waals surface area contributed by atoms with Gasteiger partial charge in [0.25, 0.3) is 5.91 Å². The summed E-state index contributed by atoms with van der Waals surface area (Å²) < 4.78 is 38.3. The Hall–Kier alpha value is -3.56. The molecule has 1 aliphatic carbocycles. The third-order valence-corrected chi connectivity index (χ3v) is 6.00. The summed E-state index contributed by atoms with van der Waals surface area (Å²) in [6, 6.07) is 8.72. The standard InChI is InChI=1S/C22H19F3N6O/c23-22(24,25)14-10-28-21(29-11-14)30-17-8-13-9-18(17)31(12-13)20(32)16-5-2-1-4-15(16)19-26-6-3-7-27-19/h1-7,10-11,13,17-18H,8-9,12H2,(H,28,29,30)/t13?,17-,18?/m0/s1. The number of halogens is 3. The monoisotopic (exact) mass is 440 g/mol. The zero-order chi connectivity index (χ0) is 22.3. The van der Waals surface area contributed by atoms with E-state index in [9.17, 15) is 18.0 Å². The van der Waals surface area contributed by atoms with Crippen LogP contribution in [0.3, 0.4) is 0 Å². The first-order valence-corrected chi connectivity index (χ1v) is 10.2. The molecule has 2 fully saturated rings. The van der Waals surface area contributed by atoms with Gasteiger partial charge in [0.05, 0.1) is 17.2 Å².